The zero-order chi connectivity index (χ0) is 9.10. The van der Waals surface area contributed by atoms with Crippen molar-refractivity contribution in [3.05, 3.63) is 18.0 Å². The summed E-state index contributed by atoms with van der Waals surface area (Å²) in [7, 11) is 0. The van der Waals surface area contributed by atoms with Crippen LogP contribution in [0.25, 0.3) is 0 Å². The SMILES string of the molecule is O=C(OC1CCCC1)c1ccon1. The van der Waals surface area contributed by atoms with Gasteiger partial charge >= 0.3 is 5.97 Å². The largest absolute Gasteiger partial charge is 0.458 e. The van der Waals surface area contributed by atoms with Crippen molar-refractivity contribution in [1.29, 1.82) is 0 Å². The Morgan fingerprint density at radius 1 is 1.54 bits per heavy atom. The van der Waals surface area contributed by atoms with Crippen molar-refractivity contribution < 1.29 is 14.1 Å². The minimum Gasteiger partial charge on any atom is -0.458 e. The van der Waals surface area contributed by atoms with E-state index in [1.54, 1.807) is 0 Å². The van der Waals surface area contributed by atoms with Crippen LogP contribution >= 0.6 is 0 Å². The molecule has 0 saturated heterocycles. The Kier molecular flexibility index (Phi) is 2.29. The third-order valence-electron chi connectivity index (χ3n) is 2.22. The van der Waals surface area contributed by atoms with Crippen molar-refractivity contribution in [2.45, 2.75) is 31.8 Å². The second kappa shape index (κ2) is 3.60. The predicted molar refractivity (Wildman–Crippen MR) is 44.2 cm³/mol. The smallest absolute Gasteiger partial charge is 0.360 e. The molecule has 0 aromatic carbocycles. The lowest BCUT2D eigenvalue weighted by atomic mass is 10.3. The number of ether oxygens (including phenoxy) is 1. The minimum atomic E-state index is -0.374. The van der Waals surface area contributed by atoms with E-state index in [-0.39, 0.29) is 17.8 Å². The molecule has 4 heteroatoms. The summed E-state index contributed by atoms with van der Waals surface area (Å²) in [6, 6.07) is 1.51. The summed E-state index contributed by atoms with van der Waals surface area (Å²) in [6.45, 7) is 0. The molecule has 2 rings (SSSR count). The van der Waals surface area contributed by atoms with Gasteiger partial charge in [0.1, 0.15) is 12.4 Å². The summed E-state index contributed by atoms with van der Waals surface area (Å²) in [5, 5.41) is 3.51. The van der Waals surface area contributed by atoms with Gasteiger partial charge in [-0.3, -0.25) is 0 Å². The molecule has 1 fully saturated rings. The lowest BCUT2D eigenvalue weighted by Crippen LogP contribution is -2.14. The number of nitrogens with zero attached hydrogens (tertiary/aromatic N) is 1. The Bertz CT molecular complexity index is 275. The van der Waals surface area contributed by atoms with Gasteiger partial charge in [-0.1, -0.05) is 5.16 Å². The third-order valence-corrected chi connectivity index (χ3v) is 2.22. The van der Waals surface area contributed by atoms with Gasteiger partial charge in [-0.2, -0.15) is 0 Å². The molecule has 1 heterocycles. The highest BCUT2D eigenvalue weighted by molar-refractivity contribution is 5.86. The van der Waals surface area contributed by atoms with Gasteiger partial charge in [0.25, 0.3) is 0 Å². The van der Waals surface area contributed by atoms with Crippen molar-refractivity contribution >= 4 is 5.97 Å². The third kappa shape index (κ3) is 1.88. The average Bonchev–Trinajstić information content (AvgIpc) is 2.74. The van der Waals surface area contributed by atoms with E-state index in [1.807, 2.05) is 0 Å². The first-order valence-electron chi connectivity index (χ1n) is 4.47. The molecule has 1 aliphatic rings. The Morgan fingerprint density at radius 2 is 2.31 bits per heavy atom. The van der Waals surface area contributed by atoms with Crippen molar-refractivity contribution in [3.63, 3.8) is 0 Å². The molecule has 4 nitrogen and oxygen atoms in total. The highest BCUT2D eigenvalue weighted by atomic mass is 16.5. The molecule has 0 unspecified atom stereocenters. The van der Waals surface area contributed by atoms with E-state index < -0.39 is 0 Å². The molecule has 1 saturated carbocycles. The van der Waals surface area contributed by atoms with E-state index in [1.165, 1.54) is 12.3 Å². The van der Waals surface area contributed by atoms with Crippen LogP contribution in [0.4, 0.5) is 0 Å². The number of aromatic nitrogens is 1. The van der Waals surface area contributed by atoms with Gasteiger partial charge in [0.15, 0.2) is 5.69 Å². The molecular weight excluding hydrogens is 170 g/mol. The second-order valence-corrected chi connectivity index (χ2v) is 3.20. The van der Waals surface area contributed by atoms with E-state index in [0.29, 0.717) is 0 Å². The summed E-state index contributed by atoms with van der Waals surface area (Å²) >= 11 is 0. The molecular formula is C9H11NO3. The lowest BCUT2D eigenvalue weighted by Gasteiger charge is -2.08. The van der Waals surface area contributed by atoms with Gasteiger partial charge in [0.05, 0.1) is 0 Å². The van der Waals surface area contributed by atoms with Crippen LogP contribution in [0.5, 0.6) is 0 Å². The number of carbonyl (C=O) groups excluding carboxylic acids is 1. The van der Waals surface area contributed by atoms with Gasteiger partial charge in [0.2, 0.25) is 0 Å². The standard InChI is InChI=1S/C9H11NO3/c11-9(8-5-6-12-10-8)13-7-3-1-2-4-7/h5-7H,1-4H2. The summed E-state index contributed by atoms with van der Waals surface area (Å²) < 4.78 is 9.74. The first-order chi connectivity index (χ1) is 6.36. The number of esters is 1. The van der Waals surface area contributed by atoms with Gasteiger partial charge in [-0.05, 0) is 25.7 Å². The van der Waals surface area contributed by atoms with Crippen molar-refractivity contribution in [2.75, 3.05) is 0 Å². The molecule has 0 spiro atoms. The fourth-order valence-electron chi connectivity index (χ4n) is 1.54. The zero-order valence-corrected chi connectivity index (χ0v) is 7.23. The number of hydrogen-bond donors (Lipinski definition) is 0. The van der Waals surface area contributed by atoms with Crippen LogP contribution in [0.15, 0.2) is 16.9 Å². The molecule has 1 aromatic heterocycles. The van der Waals surface area contributed by atoms with E-state index in [0.717, 1.165) is 25.7 Å². The Balaban J connectivity index is 1.91. The maximum Gasteiger partial charge on any atom is 0.360 e. The molecule has 0 atom stereocenters. The summed E-state index contributed by atoms with van der Waals surface area (Å²) in [6.07, 6.45) is 5.70. The van der Waals surface area contributed by atoms with Gasteiger partial charge in [-0.25, -0.2) is 4.79 Å². The van der Waals surface area contributed by atoms with Gasteiger partial charge < -0.3 is 9.26 Å². The number of carbonyl (C=O) groups is 1. The summed E-state index contributed by atoms with van der Waals surface area (Å²) in [4.78, 5) is 11.3. The maximum atomic E-state index is 11.3. The molecule has 0 amide bonds. The molecule has 0 N–H and O–H groups in total. The van der Waals surface area contributed by atoms with Crippen LogP contribution in [-0.4, -0.2) is 17.2 Å². The van der Waals surface area contributed by atoms with Crippen LogP contribution in [0.1, 0.15) is 36.2 Å². The maximum absolute atomic E-state index is 11.3. The quantitative estimate of drug-likeness (QED) is 0.652. The normalized spacial score (nSPS) is 17.5. The summed E-state index contributed by atoms with van der Waals surface area (Å²) in [5.41, 5.74) is 0.256. The first kappa shape index (κ1) is 8.29. The fraction of sp³-hybridized carbons (Fsp3) is 0.556. The lowest BCUT2D eigenvalue weighted by molar-refractivity contribution is 0.0306. The predicted octanol–water partition coefficient (Wildman–Crippen LogP) is 1.77. The van der Waals surface area contributed by atoms with Crippen LogP contribution < -0.4 is 0 Å². The van der Waals surface area contributed by atoms with E-state index in [9.17, 15) is 4.79 Å². The molecule has 13 heavy (non-hydrogen) atoms. The van der Waals surface area contributed by atoms with E-state index >= 15 is 0 Å². The fourth-order valence-corrected chi connectivity index (χ4v) is 1.54. The monoisotopic (exact) mass is 181 g/mol. The van der Waals surface area contributed by atoms with E-state index in [4.69, 9.17) is 4.74 Å². The van der Waals surface area contributed by atoms with Crippen molar-refractivity contribution in [1.82, 2.24) is 5.16 Å². The van der Waals surface area contributed by atoms with Crippen LogP contribution in [0.2, 0.25) is 0 Å². The van der Waals surface area contributed by atoms with Crippen LogP contribution in [0.3, 0.4) is 0 Å². The first-order valence-corrected chi connectivity index (χ1v) is 4.47. The summed E-state index contributed by atoms with van der Waals surface area (Å²) in [5.74, 6) is -0.374. The number of hydrogen-bond acceptors (Lipinski definition) is 4. The Morgan fingerprint density at radius 3 is 2.92 bits per heavy atom. The number of rotatable bonds is 2. The topological polar surface area (TPSA) is 52.3 Å². The highest BCUT2D eigenvalue weighted by Gasteiger charge is 2.21. The van der Waals surface area contributed by atoms with Gasteiger partial charge in [-0.15, -0.1) is 0 Å². The molecule has 0 radical (unpaired) electrons. The van der Waals surface area contributed by atoms with Crippen LogP contribution in [0, 0.1) is 0 Å². The van der Waals surface area contributed by atoms with Crippen molar-refractivity contribution in [2.24, 2.45) is 0 Å². The molecule has 70 valence electrons. The highest BCUT2D eigenvalue weighted by Crippen LogP contribution is 2.21. The molecule has 0 aliphatic heterocycles. The molecule has 0 bridgehead atoms. The van der Waals surface area contributed by atoms with Gasteiger partial charge in [0, 0.05) is 6.07 Å². The Hall–Kier alpha value is -1.32. The Labute approximate surface area is 75.9 Å². The van der Waals surface area contributed by atoms with E-state index in [2.05, 4.69) is 9.68 Å². The average molecular weight is 181 g/mol. The second-order valence-electron chi connectivity index (χ2n) is 3.20. The zero-order valence-electron chi connectivity index (χ0n) is 7.23. The van der Waals surface area contributed by atoms with Crippen molar-refractivity contribution in [3.8, 4) is 0 Å². The molecule has 1 aromatic rings. The minimum absolute atomic E-state index is 0.0872. The molecule has 1 aliphatic carbocycles. The van der Waals surface area contributed by atoms with Crippen LogP contribution in [-0.2, 0) is 4.74 Å².